The molecule has 2 heterocycles. The maximum Gasteiger partial charge on any atom is 0.356 e. The summed E-state index contributed by atoms with van der Waals surface area (Å²) in [4.78, 5) is 28.7. The predicted molar refractivity (Wildman–Crippen MR) is 89.9 cm³/mol. The molecule has 11 heteroatoms. The molecule has 1 aromatic carbocycles. The van der Waals surface area contributed by atoms with Crippen LogP contribution in [0.4, 0.5) is 14.6 Å². The topological polar surface area (TPSA) is 118 Å². The van der Waals surface area contributed by atoms with Crippen LogP contribution in [0.5, 0.6) is 5.75 Å². The van der Waals surface area contributed by atoms with Crippen LogP contribution in [-0.2, 0) is 0 Å². The molecule has 8 nitrogen and oxygen atoms in total. The summed E-state index contributed by atoms with van der Waals surface area (Å²) in [5.74, 6) is 2.01. The van der Waals surface area contributed by atoms with E-state index in [4.69, 9.17) is 16.3 Å². The molecule has 4 N–H and O–H groups in total. The highest BCUT2D eigenvalue weighted by molar-refractivity contribution is 7.80. The Kier molecular flexibility index (Phi) is 3.87. The number of hydrogen-bond acceptors (Lipinski definition) is 7. The highest BCUT2D eigenvalue weighted by Gasteiger charge is 2.22. The fourth-order valence-electron chi connectivity index (χ4n) is 2.39. The average Bonchev–Trinajstić information content (AvgIpc) is 2.57. The molecule has 0 saturated carbocycles. The average molecular weight is 367 g/mol. The van der Waals surface area contributed by atoms with Gasteiger partial charge in [0.25, 0.3) is 5.56 Å². The number of pyridine rings is 1. The van der Waals surface area contributed by atoms with Crippen molar-refractivity contribution in [2.24, 2.45) is 0 Å². The zero-order chi connectivity index (χ0) is 18.5. The van der Waals surface area contributed by atoms with E-state index in [1.54, 1.807) is 0 Å². The third-order valence-electron chi connectivity index (χ3n) is 3.50. The Labute approximate surface area is 143 Å². The first-order chi connectivity index (χ1) is 11.8. The summed E-state index contributed by atoms with van der Waals surface area (Å²) in [7, 11) is 1.29. The second-order valence-corrected chi connectivity index (χ2v) is 5.51. The Hall–Kier alpha value is -3.08. The van der Waals surface area contributed by atoms with Gasteiger partial charge in [0.2, 0.25) is 0 Å². The molecular formula is C14H11F2N5O3S. The van der Waals surface area contributed by atoms with E-state index in [1.165, 1.54) is 19.2 Å². The predicted octanol–water partition coefficient (Wildman–Crippen LogP) is 0.419. The van der Waals surface area contributed by atoms with Crippen molar-refractivity contribution in [1.82, 2.24) is 14.2 Å². The van der Waals surface area contributed by atoms with Crippen molar-refractivity contribution in [2.75, 3.05) is 18.7 Å². The molecule has 0 aliphatic rings. The summed E-state index contributed by atoms with van der Waals surface area (Å²) in [5, 5.41) is -0.0736. The lowest BCUT2D eigenvalue weighted by Gasteiger charge is -2.15. The molecule has 25 heavy (non-hydrogen) atoms. The second-order valence-electron chi connectivity index (χ2n) is 5.00. The fourth-order valence-corrected chi connectivity index (χ4v) is 2.63. The highest BCUT2D eigenvalue weighted by Crippen LogP contribution is 2.28. The van der Waals surface area contributed by atoms with Crippen molar-refractivity contribution >= 4 is 29.3 Å². The SMILES string of the molecule is COc1cc(S)cc2c(=O)n(N)c(=O)n(-c3nc(N)c(F)cc3F)c12. The quantitative estimate of drug-likeness (QED) is 0.446. The molecule has 3 aromatic rings. The smallest absolute Gasteiger partial charge is 0.356 e. The van der Waals surface area contributed by atoms with Gasteiger partial charge < -0.3 is 16.3 Å². The van der Waals surface area contributed by atoms with Crippen LogP contribution in [0, 0.1) is 11.6 Å². The first-order valence-electron chi connectivity index (χ1n) is 6.72. The van der Waals surface area contributed by atoms with Crippen LogP contribution in [0.2, 0.25) is 0 Å². The number of halogens is 2. The Morgan fingerprint density at radius 1 is 1.20 bits per heavy atom. The van der Waals surface area contributed by atoms with Gasteiger partial charge in [-0.3, -0.25) is 4.79 Å². The van der Waals surface area contributed by atoms with Crippen LogP contribution in [0.3, 0.4) is 0 Å². The Balaban J connectivity index is 2.62. The molecule has 0 fully saturated rings. The number of nitrogens with zero attached hydrogens (tertiary/aromatic N) is 3. The summed E-state index contributed by atoms with van der Waals surface area (Å²) in [5.41, 5.74) is 3.31. The molecule has 3 rings (SSSR count). The summed E-state index contributed by atoms with van der Waals surface area (Å²) in [6, 6.07) is 3.21. The number of benzene rings is 1. The molecule has 130 valence electrons. The minimum Gasteiger partial charge on any atom is -0.494 e. The largest absolute Gasteiger partial charge is 0.494 e. The first kappa shape index (κ1) is 16.8. The molecular weight excluding hydrogens is 356 g/mol. The standard InChI is InChI=1S/C14H11F2N5O3S/c1-24-9-3-5(25)2-6-10(9)20(14(23)21(18)13(6)22)12-8(16)4-7(15)11(17)19-12/h2-4,25H,18H2,1H3,(H2,17,19). The summed E-state index contributed by atoms with van der Waals surface area (Å²) in [6.45, 7) is 0. The number of nitrogens with two attached hydrogens (primary N) is 2. The number of fused-ring (bicyclic) bond motifs is 1. The van der Waals surface area contributed by atoms with E-state index >= 15 is 0 Å². The maximum atomic E-state index is 14.3. The summed E-state index contributed by atoms with van der Waals surface area (Å²) in [6.07, 6.45) is 0. The first-order valence-corrected chi connectivity index (χ1v) is 7.16. The molecule has 0 spiro atoms. The number of rotatable bonds is 2. The molecule has 0 aliphatic heterocycles. The van der Waals surface area contributed by atoms with Crippen molar-refractivity contribution in [3.05, 3.63) is 50.7 Å². The van der Waals surface area contributed by atoms with Crippen molar-refractivity contribution in [3.63, 3.8) is 0 Å². The van der Waals surface area contributed by atoms with Gasteiger partial charge in [-0.15, -0.1) is 12.6 Å². The fraction of sp³-hybridized carbons (Fsp3) is 0.0714. The van der Waals surface area contributed by atoms with Crippen LogP contribution in [0.1, 0.15) is 0 Å². The molecule has 0 bridgehead atoms. The zero-order valence-corrected chi connectivity index (χ0v) is 13.6. The monoisotopic (exact) mass is 367 g/mol. The van der Waals surface area contributed by atoms with E-state index in [9.17, 15) is 18.4 Å². The van der Waals surface area contributed by atoms with Crippen LogP contribution in [-0.4, -0.2) is 21.3 Å². The Bertz CT molecular complexity index is 1140. The molecule has 2 aromatic heterocycles. The van der Waals surface area contributed by atoms with Gasteiger partial charge in [-0.25, -0.2) is 23.1 Å². The van der Waals surface area contributed by atoms with Crippen LogP contribution < -0.4 is 27.6 Å². The summed E-state index contributed by atoms with van der Waals surface area (Å²) >= 11 is 4.15. The lowest BCUT2D eigenvalue weighted by Crippen LogP contribution is -2.44. The van der Waals surface area contributed by atoms with Gasteiger partial charge in [-0.2, -0.15) is 4.68 Å². The number of hydrogen-bond donors (Lipinski definition) is 3. The van der Waals surface area contributed by atoms with Crippen molar-refractivity contribution in [1.29, 1.82) is 0 Å². The normalized spacial score (nSPS) is 11.0. The molecule has 0 unspecified atom stereocenters. The van der Waals surface area contributed by atoms with E-state index < -0.39 is 34.5 Å². The van der Waals surface area contributed by atoms with Gasteiger partial charge in [0.1, 0.15) is 11.3 Å². The number of thiol groups is 1. The lowest BCUT2D eigenvalue weighted by atomic mass is 10.2. The Morgan fingerprint density at radius 3 is 2.52 bits per heavy atom. The number of methoxy groups -OCH3 is 1. The van der Waals surface area contributed by atoms with Gasteiger partial charge in [-0.1, -0.05) is 0 Å². The third-order valence-corrected chi connectivity index (χ3v) is 3.76. The van der Waals surface area contributed by atoms with Crippen molar-refractivity contribution in [2.45, 2.75) is 4.90 Å². The number of aromatic nitrogens is 3. The van der Waals surface area contributed by atoms with Gasteiger partial charge in [0.15, 0.2) is 23.3 Å². The molecule has 0 saturated heterocycles. The van der Waals surface area contributed by atoms with Crippen LogP contribution in [0.15, 0.2) is 32.7 Å². The van der Waals surface area contributed by atoms with Gasteiger partial charge in [0.05, 0.1) is 12.5 Å². The van der Waals surface area contributed by atoms with E-state index in [2.05, 4.69) is 17.6 Å². The second kappa shape index (κ2) is 5.77. The van der Waals surface area contributed by atoms with Crippen LogP contribution in [0.25, 0.3) is 16.7 Å². The zero-order valence-electron chi connectivity index (χ0n) is 12.7. The summed E-state index contributed by atoms with van der Waals surface area (Å²) < 4.78 is 33.8. The van der Waals surface area contributed by atoms with Gasteiger partial charge >= 0.3 is 5.69 Å². The highest BCUT2D eigenvalue weighted by atomic mass is 32.1. The Morgan fingerprint density at radius 2 is 1.88 bits per heavy atom. The minimum absolute atomic E-state index is 0.0430. The number of nitrogen functional groups attached to an aromatic ring is 2. The third kappa shape index (κ3) is 2.48. The molecule has 0 atom stereocenters. The van der Waals surface area contributed by atoms with E-state index in [1.807, 2.05) is 0 Å². The van der Waals surface area contributed by atoms with E-state index in [0.29, 0.717) is 15.5 Å². The van der Waals surface area contributed by atoms with Crippen molar-refractivity contribution < 1.29 is 13.5 Å². The molecule has 0 amide bonds. The number of ether oxygens (including phenoxy) is 1. The van der Waals surface area contributed by atoms with Gasteiger partial charge in [0, 0.05) is 11.0 Å². The minimum atomic E-state index is -1.18. The van der Waals surface area contributed by atoms with E-state index in [-0.39, 0.29) is 21.3 Å². The maximum absolute atomic E-state index is 14.3. The molecule has 0 aliphatic carbocycles. The van der Waals surface area contributed by atoms with E-state index in [0.717, 1.165) is 0 Å². The molecule has 0 radical (unpaired) electrons. The van der Waals surface area contributed by atoms with Gasteiger partial charge in [-0.05, 0) is 12.1 Å². The number of anilines is 1. The van der Waals surface area contributed by atoms with Crippen LogP contribution >= 0.6 is 12.6 Å². The van der Waals surface area contributed by atoms with Crippen molar-refractivity contribution in [3.8, 4) is 11.6 Å². The lowest BCUT2D eigenvalue weighted by molar-refractivity contribution is 0.416.